The first-order valence-electron chi connectivity index (χ1n) is 5.15. The van der Waals surface area contributed by atoms with Gasteiger partial charge in [-0.05, 0) is 47.2 Å². The van der Waals surface area contributed by atoms with E-state index in [0.29, 0.717) is 5.82 Å². The minimum Gasteiger partial charge on any atom is -0.317 e. The largest absolute Gasteiger partial charge is 0.317 e. The Morgan fingerprint density at radius 1 is 1.47 bits per heavy atom. The topological polar surface area (TPSA) is 54.0 Å². The molecule has 0 aliphatic rings. The summed E-state index contributed by atoms with van der Waals surface area (Å²) in [6, 6.07) is 3.66. The van der Waals surface area contributed by atoms with Crippen LogP contribution in [0, 0.1) is 12.8 Å². The van der Waals surface area contributed by atoms with Gasteiger partial charge in [0.2, 0.25) is 5.91 Å². The van der Waals surface area contributed by atoms with Crippen LogP contribution in [0.15, 0.2) is 16.6 Å². The first-order valence-corrected chi connectivity index (χ1v) is 6.35. The van der Waals surface area contributed by atoms with Gasteiger partial charge in [-0.2, -0.15) is 0 Å². The lowest BCUT2D eigenvalue weighted by atomic mass is 10.2. The third-order valence-electron chi connectivity index (χ3n) is 2.02. The van der Waals surface area contributed by atoms with Gasteiger partial charge in [0.15, 0.2) is 5.11 Å². The van der Waals surface area contributed by atoms with Gasteiger partial charge in [0.05, 0.1) is 5.69 Å². The number of nitrogens with zero attached hydrogens (tertiary/aromatic N) is 1. The van der Waals surface area contributed by atoms with Crippen molar-refractivity contribution in [1.29, 1.82) is 0 Å². The highest BCUT2D eigenvalue weighted by Crippen LogP contribution is 2.15. The molecule has 1 rings (SSSR count). The van der Waals surface area contributed by atoms with E-state index < -0.39 is 0 Å². The number of halogens is 1. The maximum atomic E-state index is 11.4. The van der Waals surface area contributed by atoms with Crippen molar-refractivity contribution in [2.75, 3.05) is 5.32 Å². The summed E-state index contributed by atoms with van der Waals surface area (Å²) in [4.78, 5) is 15.7. The number of pyridine rings is 1. The Kier molecular flexibility index (Phi) is 5.02. The van der Waals surface area contributed by atoms with Crippen molar-refractivity contribution in [3.8, 4) is 0 Å². The van der Waals surface area contributed by atoms with Gasteiger partial charge in [-0.1, -0.05) is 13.8 Å². The standard InChI is InChI=1S/C11H14BrN3OS/c1-6(2)10(16)15-11(17)14-9-5-4-8(12)7(3)13-9/h4-6H,1-3H3,(H2,13,14,15,16,17). The quantitative estimate of drug-likeness (QED) is 0.824. The van der Waals surface area contributed by atoms with Crippen molar-refractivity contribution in [3.05, 3.63) is 22.3 Å². The van der Waals surface area contributed by atoms with E-state index in [1.807, 2.05) is 13.0 Å². The summed E-state index contributed by atoms with van der Waals surface area (Å²) in [6.45, 7) is 5.49. The minimum absolute atomic E-state index is 0.102. The Morgan fingerprint density at radius 3 is 2.65 bits per heavy atom. The SMILES string of the molecule is Cc1nc(NC(=S)NC(=O)C(C)C)ccc1Br. The molecule has 0 bridgehead atoms. The van der Waals surface area contributed by atoms with E-state index >= 15 is 0 Å². The van der Waals surface area contributed by atoms with Crippen LogP contribution in [0.25, 0.3) is 0 Å². The molecule has 2 N–H and O–H groups in total. The summed E-state index contributed by atoms with van der Waals surface area (Å²) < 4.78 is 0.931. The maximum Gasteiger partial charge on any atom is 0.228 e. The number of thiocarbonyl (C=S) groups is 1. The average molecular weight is 316 g/mol. The van der Waals surface area contributed by atoms with Crippen molar-refractivity contribution in [2.45, 2.75) is 20.8 Å². The van der Waals surface area contributed by atoms with Crippen molar-refractivity contribution in [1.82, 2.24) is 10.3 Å². The molecule has 0 radical (unpaired) electrons. The van der Waals surface area contributed by atoms with E-state index in [4.69, 9.17) is 12.2 Å². The molecule has 0 saturated carbocycles. The first-order chi connectivity index (χ1) is 7.90. The summed E-state index contributed by atoms with van der Waals surface area (Å²) in [6.07, 6.45) is 0. The van der Waals surface area contributed by atoms with E-state index in [0.717, 1.165) is 10.2 Å². The molecule has 0 aliphatic carbocycles. The van der Waals surface area contributed by atoms with Crippen molar-refractivity contribution < 1.29 is 4.79 Å². The second kappa shape index (κ2) is 6.07. The molecular weight excluding hydrogens is 302 g/mol. The number of anilines is 1. The summed E-state index contributed by atoms with van der Waals surface area (Å²) in [7, 11) is 0. The Labute approximate surface area is 114 Å². The molecule has 0 atom stereocenters. The van der Waals surface area contributed by atoms with Gasteiger partial charge < -0.3 is 10.6 Å². The van der Waals surface area contributed by atoms with Crippen molar-refractivity contribution >= 4 is 45.0 Å². The lowest BCUT2D eigenvalue weighted by Crippen LogP contribution is -2.36. The molecule has 1 amide bonds. The summed E-state index contributed by atoms with van der Waals surface area (Å²) in [5, 5.41) is 5.72. The molecule has 0 saturated heterocycles. The Morgan fingerprint density at radius 2 is 2.12 bits per heavy atom. The molecule has 0 aliphatic heterocycles. The van der Waals surface area contributed by atoms with E-state index in [9.17, 15) is 4.79 Å². The van der Waals surface area contributed by atoms with Crippen LogP contribution in [-0.2, 0) is 4.79 Å². The number of nitrogens with one attached hydrogen (secondary N) is 2. The number of carbonyl (C=O) groups is 1. The molecule has 1 aromatic heterocycles. The van der Waals surface area contributed by atoms with Gasteiger partial charge in [-0.15, -0.1) is 0 Å². The molecule has 1 heterocycles. The van der Waals surface area contributed by atoms with Gasteiger partial charge in [-0.25, -0.2) is 4.98 Å². The number of aromatic nitrogens is 1. The van der Waals surface area contributed by atoms with E-state index in [1.54, 1.807) is 19.9 Å². The lowest BCUT2D eigenvalue weighted by Gasteiger charge is -2.11. The Bertz CT molecular complexity index is 448. The van der Waals surface area contributed by atoms with Crippen LogP contribution in [0.4, 0.5) is 5.82 Å². The number of carbonyl (C=O) groups excluding carboxylic acids is 1. The van der Waals surface area contributed by atoms with Crippen molar-refractivity contribution in [2.24, 2.45) is 5.92 Å². The highest BCUT2D eigenvalue weighted by atomic mass is 79.9. The fourth-order valence-corrected chi connectivity index (χ4v) is 1.44. The van der Waals surface area contributed by atoms with E-state index in [1.165, 1.54) is 0 Å². The van der Waals surface area contributed by atoms with Crippen LogP contribution in [0.3, 0.4) is 0 Å². The molecule has 0 spiro atoms. The van der Waals surface area contributed by atoms with Crippen LogP contribution < -0.4 is 10.6 Å². The Balaban J connectivity index is 2.62. The average Bonchev–Trinajstić information content (AvgIpc) is 2.23. The highest BCUT2D eigenvalue weighted by Gasteiger charge is 2.09. The second-order valence-electron chi connectivity index (χ2n) is 3.86. The first kappa shape index (κ1) is 14.1. The fourth-order valence-electron chi connectivity index (χ4n) is 1.02. The van der Waals surface area contributed by atoms with Crippen LogP contribution >= 0.6 is 28.1 Å². The number of hydrogen-bond acceptors (Lipinski definition) is 3. The number of aryl methyl sites for hydroxylation is 1. The Hall–Kier alpha value is -1.01. The smallest absolute Gasteiger partial charge is 0.228 e. The number of hydrogen-bond donors (Lipinski definition) is 2. The summed E-state index contributed by atoms with van der Waals surface area (Å²) in [5.41, 5.74) is 0.855. The number of rotatable bonds is 2. The lowest BCUT2D eigenvalue weighted by molar-refractivity contribution is -0.122. The van der Waals surface area contributed by atoms with Gasteiger partial charge >= 0.3 is 0 Å². The van der Waals surface area contributed by atoms with Gasteiger partial charge in [-0.3, -0.25) is 4.79 Å². The van der Waals surface area contributed by atoms with Crippen LogP contribution in [0.5, 0.6) is 0 Å². The predicted octanol–water partition coefficient (Wildman–Crippen LogP) is 2.62. The molecule has 0 unspecified atom stereocenters. The van der Waals surface area contributed by atoms with Gasteiger partial charge in [0.1, 0.15) is 5.82 Å². The molecular formula is C11H14BrN3OS. The highest BCUT2D eigenvalue weighted by molar-refractivity contribution is 9.10. The van der Waals surface area contributed by atoms with Crippen molar-refractivity contribution in [3.63, 3.8) is 0 Å². The summed E-state index contributed by atoms with van der Waals surface area (Å²) >= 11 is 8.37. The predicted molar refractivity (Wildman–Crippen MR) is 75.9 cm³/mol. The zero-order chi connectivity index (χ0) is 13.0. The second-order valence-corrected chi connectivity index (χ2v) is 5.12. The van der Waals surface area contributed by atoms with Crippen LogP contribution in [-0.4, -0.2) is 16.0 Å². The molecule has 92 valence electrons. The van der Waals surface area contributed by atoms with Gasteiger partial charge in [0.25, 0.3) is 0 Å². The van der Waals surface area contributed by atoms with E-state index in [-0.39, 0.29) is 16.9 Å². The third kappa shape index (κ3) is 4.40. The monoisotopic (exact) mass is 315 g/mol. The molecule has 17 heavy (non-hydrogen) atoms. The molecule has 0 aromatic carbocycles. The van der Waals surface area contributed by atoms with E-state index in [2.05, 4.69) is 31.5 Å². The molecule has 1 aromatic rings. The minimum atomic E-state index is -0.115. The third-order valence-corrected chi connectivity index (χ3v) is 3.07. The number of amides is 1. The zero-order valence-corrected chi connectivity index (χ0v) is 12.3. The van der Waals surface area contributed by atoms with Gasteiger partial charge in [0, 0.05) is 10.4 Å². The normalized spacial score (nSPS) is 10.2. The fraction of sp³-hybridized carbons (Fsp3) is 0.364. The molecule has 4 nitrogen and oxygen atoms in total. The summed E-state index contributed by atoms with van der Waals surface area (Å²) in [5.74, 6) is 0.394. The molecule has 0 fully saturated rings. The van der Waals surface area contributed by atoms with Crippen LogP contribution in [0.1, 0.15) is 19.5 Å². The zero-order valence-electron chi connectivity index (χ0n) is 9.87. The molecule has 6 heteroatoms. The van der Waals surface area contributed by atoms with Crippen LogP contribution in [0.2, 0.25) is 0 Å². The maximum absolute atomic E-state index is 11.4.